The van der Waals surface area contributed by atoms with E-state index >= 15 is 0 Å². The number of nitrogens with zero attached hydrogens (tertiary/aromatic N) is 5. The standard InChI is InChI=1S/C23H24F3N9O2/c1-13-10-17(29-18-12-20(33-32-18)34(2)3)30-22(27-13)37-16-8-7-14(11-15(16)23(24,25)26)28-21(36)31-19-6-5-9-35(19)4/h5-12H,1-4H3,(H2,28,31,36)(H2,27,29,30,32,33). The second-order valence-electron chi connectivity index (χ2n) is 8.23. The van der Waals surface area contributed by atoms with Crippen molar-refractivity contribution in [3.63, 3.8) is 0 Å². The summed E-state index contributed by atoms with van der Waals surface area (Å²) < 4.78 is 48.7. The highest BCUT2D eigenvalue weighted by molar-refractivity contribution is 5.99. The molecule has 0 aliphatic carbocycles. The molecule has 0 fully saturated rings. The molecule has 3 heterocycles. The van der Waals surface area contributed by atoms with E-state index in [2.05, 4.69) is 36.1 Å². The van der Waals surface area contributed by atoms with E-state index in [0.717, 1.165) is 12.1 Å². The molecule has 0 aliphatic rings. The van der Waals surface area contributed by atoms with Crippen LogP contribution in [0.15, 0.2) is 48.7 Å². The number of amides is 2. The number of benzene rings is 1. The van der Waals surface area contributed by atoms with Gasteiger partial charge in [0, 0.05) is 50.9 Å². The molecule has 4 rings (SSSR count). The highest BCUT2D eigenvalue weighted by Crippen LogP contribution is 2.39. The summed E-state index contributed by atoms with van der Waals surface area (Å²) in [6, 6.07) is 8.88. The average molecular weight is 516 g/mol. The molecule has 1 aromatic carbocycles. The van der Waals surface area contributed by atoms with E-state index in [1.54, 1.807) is 53.9 Å². The number of rotatable bonds is 7. The monoisotopic (exact) mass is 515 g/mol. The number of anilines is 5. The summed E-state index contributed by atoms with van der Waals surface area (Å²) in [6.45, 7) is 1.65. The fourth-order valence-corrected chi connectivity index (χ4v) is 3.28. The van der Waals surface area contributed by atoms with Crippen LogP contribution in [0.4, 0.5) is 46.9 Å². The van der Waals surface area contributed by atoms with Crippen LogP contribution in [-0.2, 0) is 13.2 Å². The van der Waals surface area contributed by atoms with Crippen LogP contribution in [0, 0.1) is 6.92 Å². The van der Waals surface area contributed by atoms with E-state index in [9.17, 15) is 18.0 Å². The fraction of sp³-hybridized carbons (Fsp3) is 0.217. The molecule has 11 nitrogen and oxygen atoms in total. The first-order valence-electron chi connectivity index (χ1n) is 10.9. The maximum atomic E-state index is 13.9. The lowest BCUT2D eigenvalue weighted by molar-refractivity contribution is -0.138. The number of halogens is 3. The van der Waals surface area contributed by atoms with Crippen LogP contribution in [0.3, 0.4) is 0 Å². The maximum absolute atomic E-state index is 13.9. The predicted molar refractivity (Wildman–Crippen MR) is 133 cm³/mol. The topological polar surface area (TPSA) is 125 Å². The van der Waals surface area contributed by atoms with Gasteiger partial charge in [-0.1, -0.05) is 0 Å². The number of hydrogen-bond donors (Lipinski definition) is 4. The molecular formula is C23H24F3N9O2. The van der Waals surface area contributed by atoms with Crippen LogP contribution in [0.2, 0.25) is 0 Å². The molecule has 0 unspecified atom stereocenters. The summed E-state index contributed by atoms with van der Waals surface area (Å²) >= 11 is 0. The van der Waals surface area contributed by atoms with Crippen LogP contribution >= 0.6 is 0 Å². The number of aromatic nitrogens is 5. The van der Waals surface area contributed by atoms with E-state index in [-0.39, 0.29) is 11.7 Å². The molecular weight excluding hydrogens is 491 g/mol. The summed E-state index contributed by atoms with van der Waals surface area (Å²) in [4.78, 5) is 22.3. The summed E-state index contributed by atoms with van der Waals surface area (Å²) in [5.41, 5.74) is -0.716. The van der Waals surface area contributed by atoms with Gasteiger partial charge in [-0.15, -0.1) is 0 Å². The lowest BCUT2D eigenvalue weighted by atomic mass is 10.1. The minimum absolute atomic E-state index is 0.0742. The number of ether oxygens (including phenoxy) is 1. The number of hydrogen-bond acceptors (Lipinski definition) is 7. The first-order valence-corrected chi connectivity index (χ1v) is 10.9. The zero-order valence-corrected chi connectivity index (χ0v) is 20.3. The normalized spacial score (nSPS) is 11.2. The van der Waals surface area contributed by atoms with Crippen LogP contribution in [-0.4, -0.2) is 44.9 Å². The second-order valence-corrected chi connectivity index (χ2v) is 8.23. The number of alkyl halides is 3. The molecule has 0 atom stereocenters. The molecule has 194 valence electrons. The Labute approximate surface area is 209 Å². The highest BCUT2D eigenvalue weighted by Gasteiger charge is 2.35. The Morgan fingerprint density at radius 2 is 1.89 bits per heavy atom. The number of aromatic amines is 1. The van der Waals surface area contributed by atoms with Gasteiger partial charge in [0.25, 0.3) is 0 Å². The van der Waals surface area contributed by atoms with Gasteiger partial charge < -0.3 is 24.8 Å². The van der Waals surface area contributed by atoms with Crippen molar-refractivity contribution in [2.75, 3.05) is 34.9 Å². The number of carbonyl (C=O) groups excluding carboxylic acids is 1. The van der Waals surface area contributed by atoms with Gasteiger partial charge in [0.15, 0.2) is 5.82 Å². The summed E-state index contributed by atoms with van der Waals surface area (Å²) in [6.07, 6.45) is -3.06. The van der Waals surface area contributed by atoms with Crippen molar-refractivity contribution in [2.24, 2.45) is 7.05 Å². The quantitative estimate of drug-likeness (QED) is 0.270. The third-order valence-electron chi connectivity index (χ3n) is 5.05. The zero-order valence-electron chi connectivity index (χ0n) is 20.3. The van der Waals surface area contributed by atoms with Crippen molar-refractivity contribution in [3.8, 4) is 11.8 Å². The molecule has 0 radical (unpaired) electrons. The van der Waals surface area contributed by atoms with Crippen LogP contribution in [0.1, 0.15) is 11.3 Å². The van der Waals surface area contributed by atoms with Crippen molar-refractivity contribution in [1.29, 1.82) is 0 Å². The second kappa shape index (κ2) is 10.1. The molecule has 3 aromatic heterocycles. The Morgan fingerprint density at radius 3 is 2.54 bits per heavy atom. The number of aryl methyl sites for hydroxylation is 2. The predicted octanol–water partition coefficient (Wildman–Crippen LogP) is 5.11. The van der Waals surface area contributed by atoms with Gasteiger partial charge in [-0.25, -0.2) is 9.78 Å². The Kier molecular flexibility index (Phi) is 6.91. The Balaban J connectivity index is 1.54. The van der Waals surface area contributed by atoms with E-state index in [0.29, 0.717) is 29.0 Å². The smallest absolute Gasteiger partial charge is 0.420 e. The van der Waals surface area contributed by atoms with Gasteiger partial charge in [0.1, 0.15) is 28.8 Å². The van der Waals surface area contributed by atoms with E-state index in [4.69, 9.17) is 4.74 Å². The van der Waals surface area contributed by atoms with E-state index < -0.39 is 23.5 Å². The summed E-state index contributed by atoms with van der Waals surface area (Å²) in [7, 11) is 5.37. The number of urea groups is 1. The Bertz CT molecular complexity index is 1410. The van der Waals surface area contributed by atoms with Crippen LogP contribution in [0.25, 0.3) is 0 Å². The van der Waals surface area contributed by atoms with Crippen molar-refractivity contribution in [3.05, 3.63) is 59.9 Å². The minimum Gasteiger partial charge on any atom is -0.424 e. The molecule has 4 aromatic rings. The SMILES string of the molecule is Cc1cc(Nc2cc(N(C)C)n[nH]2)nc(Oc2ccc(NC(=O)Nc3cccn3C)cc2C(F)(F)F)n1. The molecule has 37 heavy (non-hydrogen) atoms. The lowest BCUT2D eigenvalue weighted by Gasteiger charge is -2.16. The van der Waals surface area contributed by atoms with E-state index in [1.165, 1.54) is 6.07 Å². The first-order chi connectivity index (χ1) is 17.5. The third kappa shape index (κ3) is 6.28. The lowest BCUT2D eigenvalue weighted by Crippen LogP contribution is -2.21. The molecule has 14 heteroatoms. The van der Waals surface area contributed by atoms with Gasteiger partial charge in [-0.2, -0.15) is 23.3 Å². The van der Waals surface area contributed by atoms with Crippen LogP contribution < -0.4 is 25.6 Å². The molecule has 0 bridgehead atoms. The van der Waals surface area contributed by atoms with Gasteiger partial charge in [0.05, 0.1) is 0 Å². The summed E-state index contributed by atoms with van der Waals surface area (Å²) in [5.74, 6) is 1.44. The van der Waals surface area contributed by atoms with Crippen molar-refractivity contribution < 1.29 is 22.7 Å². The fourth-order valence-electron chi connectivity index (χ4n) is 3.28. The summed E-state index contributed by atoms with van der Waals surface area (Å²) in [5, 5.41) is 14.9. The van der Waals surface area contributed by atoms with Gasteiger partial charge in [-0.3, -0.25) is 10.4 Å². The molecule has 0 spiro atoms. The number of nitrogens with one attached hydrogen (secondary N) is 4. The van der Waals surface area contributed by atoms with Crippen molar-refractivity contribution in [1.82, 2.24) is 24.7 Å². The largest absolute Gasteiger partial charge is 0.424 e. The Hall–Kier alpha value is -4.75. The highest BCUT2D eigenvalue weighted by atomic mass is 19.4. The van der Waals surface area contributed by atoms with Crippen molar-refractivity contribution in [2.45, 2.75) is 13.1 Å². The van der Waals surface area contributed by atoms with Crippen molar-refractivity contribution >= 4 is 35.0 Å². The average Bonchev–Trinajstić information content (AvgIpc) is 3.43. The Morgan fingerprint density at radius 1 is 1.11 bits per heavy atom. The first kappa shape index (κ1) is 25.3. The molecule has 0 saturated carbocycles. The van der Waals surface area contributed by atoms with E-state index in [1.807, 2.05) is 14.1 Å². The van der Waals surface area contributed by atoms with Gasteiger partial charge in [-0.05, 0) is 37.3 Å². The minimum atomic E-state index is -4.77. The van der Waals surface area contributed by atoms with Crippen LogP contribution in [0.5, 0.6) is 11.8 Å². The molecule has 2 amide bonds. The molecule has 0 saturated heterocycles. The zero-order chi connectivity index (χ0) is 26.7. The van der Waals surface area contributed by atoms with Gasteiger partial charge >= 0.3 is 18.2 Å². The molecule has 0 aliphatic heterocycles. The number of H-pyrrole nitrogens is 1. The number of carbonyl (C=O) groups is 1. The molecule has 4 N–H and O–H groups in total. The maximum Gasteiger partial charge on any atom is 0.420 e. The van der Waals surface area contributed by atoms with Gasteiger partial charge in [0.2, 0.25) is 0 Å². The third-order valence-corrected chi connectivity index (χ3v) is 5.05.